The van der Waals surface area contributed by atoms with Crippen molar-refractivity contribution in [2.24, 2.45) is 0 Å². The number of nitrogens with one attached hydrogen (secondary N) is 2. The SMILES string of the molecule is Cc1n[nH]c(C)c1S(=O)(=O)Nc1cccc(-c2cn3c(n2)SCC3)c1. The summed E-state index contributed by atoms with van der Waals surface area (Å²) >= 11 is 1.73. The highest BCUT2D eigenvalue weighted by Crippen LogP contribution is 2.30. The molecule has 0 saturated heterocycles. The molecule has 0 spiro atoms. The number of thioether (sulfide) groups is 1. The van der Waals surface area contributed by atoms with Crippen LogP contribution < -0.4 is 4.72 Å². The number of benzene rings is 1. The maximum atomic E-state index is 12.7. The molecule has 1 aliphatic rings. The Kier molecular flexibility index (Phi) is 3.84. The van der Waals surface area contributed by atoms with Crippen molar-refractivity contribution in [1.29, 1.82) is 0 Å². The molecular formula is C16H17N5O2S2. The highest BCUT2D eigenvalue weighted by Gasteiger charge is 2.22. The number of H-pyrrole nitrogens is 1. The quantitative estimate of drug-likeness (QED) is 0.731. The van der Waals surface area contributed by atoms with Crippen LogP contribution in [0.25, 0.3) is 11.3 Å². The molecule has 3 heterocycles. The van der Waals surface area contributed by atoms with E-state index in [0.29, 0.717) is 17.1 Å². The lowest BCUT2D eigenvalue weighted by atomic mass is 10.1. The maximum Gasteiger partial charge on any atom is 0.265 e. The molecule has 0 aliphatic carbocycles. The molecule has 9 heteroatoms. The molecule has 4 rings (SSSR count). The van der Waals surface area contributed by atoms with Crippen LogP contribution in [0, 0.1) is 13.8 Å². The van der Waals surface area contributed by atoms with Crippen LogP contribution in [0.3, 0.4) is 0 Å². The van der Waals surface area contributed by atoms with Crippen molar-refractivity contribution in [3.63, 3.8) is 0 Å². The predicted molar refractivity (Wildman–Crippen MR) is 97.3 cm³/mol. The van der Waals surface area contributed by atoms with Crippen molar-refractivity contribution in [3.05, 3.63) is 41.9 Å². The Labute approximate surface area is 149 Å². The molecule has 0 amide bonds. The molecule has 0 atom stereocenters. The third-order valence-corrected chi connectivity index (χ3v) is 6.66. The van der Waals surface area contributed by atoms with E-state index < -0.39 is 10.0 Å². The lowest BCUT2D eigenvalue weighted by molar-refractivity contribution is 0.600. The number of hydrogen-bond donors (Lipinski definition) is 2. The van der Waals surface area contributed by atoms with Crippen molar-refractivity contribution in [2.75, 3.05) is 10.5 Å². The lowest BCUT2D eigenvalue weighted by Crippen LogP contribution is -2.14. The van der Waals surface area contributed by atoms with Gasteiger partial charge in [0.25, 0.3) is 10.0 Å². The van der Waals surface area contributed by atoms with Crippen molar-refractivity contribution in [2.45, 2.75) is 30.4 Å². The fraction of sp³-hybridized carbons (Fsp3) is 0.250. The topological polar surface area (TPSA) is 92.7 Å². The number of fused-ring (bicyclic) bond motifs is 1. The molecule has 0 fully saturated rings. The summed E-state index contributed by atoms with van der Waals surface area (Å²) in [6.07, 6.45) is 2.01. The van der Waals surface area contributed by atoms with Crippen molar-refractivity contribution in [1.82, 2.24) is 19.7 Å². The normalized spacial score (nSPS) is 13.8. The van der Waals surface area contributed by atoms with Gasteiger partial charge >= 0.3 is 0 Å². The zero-order valence-corrected chi connectivity index (χ0v) is 15.4. The standard InChI is InChI=1S/C16H17N5O2S2/c1-10-15(11(2)19-18-10)25(22,23)20-13-5-3-4-12(8-13)14-9-21-6-7-24-16(21)17-14/h3-5,8-9,20H,6-7H2,1-2H3,(H,18,19). The molecular weight excluding hydrogens is 358 g/mol. The van der Waals surface area contributed by atoms with Gasteiger partial charge in [0, 0.05) is 29.7 Å². The van der Waals surface area contributed by atoms with E-state index in [1.165, 1.54) is 0 Å². The van der Waals surface area contributed by atoms with Crippen LogP contribution in [0.2, 0.25) is 0 Å². The van der Waals surface area contributed by atoms with Gasteiger partial charge in [0.05, 0.1) is 17.1 Å². The van der Waals surface area contributed by atoms with Crippen LogP contribution in [0.15, 0.2) is 40.5 Å². The largest absolute Gasteiger partial charge is 0.325 e. The van der Waals surface area contributed by atoms with Crippen LogP contribution >= 0.6 is 11.8 Å². The van der Waals surface area contributed by atoms with Crippen molar-refractivity contribution in [3.8, 4) is 11.3 Å². The first-order chi connectivity index (χ1) is 11.9. The molecule has 0 saturated carbocycles. The van der Waals surface area contributed by atoms with E-state index in [9.17, 15) is 8.42 Å². The first-order valence-electron chi connectivity index (χ1n) is 7.79. The molecule has 0 unspecified atom stereocenters. The van der Waals surface area contributed by atoms with E-state index in [1.807, 2.05) is 18.3 Å². The van der Waals surface area contributed by atoms with Crippen LogP contribution in [-0.2, 0) is 16.6 Å². The number of aromatic nitrogens is 4. The minimum absolute atomic E-state index is 0.190. The molecule has 7 nitrogen and oxygen atoms in total. The summed E-state index contributed by atoms with van der Waals surface area (Å²) < 4.78 is 30.1. The van der Waals surface area contributed by atoms with Crippen molar-refractivity contribution >= 4 is 27.5 Å². The highest BCUT2D eigenvalue weighted by atomic mass is 32.2. The summed E-state index contributed by atoms with van der Waals surface area (Å²) in [5, 5.41) is 7.67. The summed E-state index contributed by atoms with van der Waals surface area (Å²) in [6, 6.07) is 7.27. The minimum atomic E-state index is -3.70. The van der Waals surface area contributed by atoms with Gasteiger partial charge in [0.1, 0.15) is 4.90 Å². The molecule has 1 aromatic carbocycles. The summed E-state index contributed by atoms with van der Waals surface area (Å²) in [7, 11) is -3.70. The monoisotopic (exact) mass is 375 g/mol. The first-order valence-corrected chi connectivity index (χ1v) is 10.3. The zero-order valence-electron chi connectivity index (χ0n) is 13.8. The number of hydrogen-bond acceptors (Lipinski definition) is 5. The summed E-state index contributed by atoms with van der Waals surface area (Å²) in [5.74, 6) is 1.05. The average molecular weight is 375 g/mol. The fourth-order valence-electron chi connectivity index (χ4n) is 2.93. The van der Waals surface area contributed by atoms with Gasteiger partial charge in [0.2, 0.25) is 0 Å². The number of aryl methyl sites for hydroxylation is 3. The molecule has 130 valence electrons. The Balaban J connectivity index is 1.65. The molecule has 0 radical (unpaired) electrons. The van der Waals surface area contributed by atoms with E-state index in [4.69, 9.17) is 0 Å². The van der Waals surface area contributed by atoms with Gasteiger partial charge in [-0.15, -0.1) is 0 Å². The second kappa shape index (κ2) is 5.92. The number of imidazole rings is 1. The van der Waals surface area contributed by atoms with Gasteiger partial charge < -0.3 is 4.57 Å². The second-order valence-electron chi connectivity index (χ2n) is 5.90. The number of anilines is 1. The van der Waals surface area contributed by atoms with Gasteiger partial charge in [-0.05, 0) is 26.0 Å². The molecule has 1 aliphatic heterocycles. The Bertz CT molecular complexity index is 1010. The van der Waals surface area contributed by atoms with Crippen LogP contribution in [0.5, 0.6) is 0 Å². The van der Waals surface area contributed by atoms with Crippen LogP contribution in [0.4, 0.5) is 5.69 Å². The third-order valence-electron chi connectivity index (χ3n) is 4.04. The van der Waals surface area contributed by atoms with E-state index in [2.05, 4.69) is 24.5 Å². The van der Waals surface area contributed by atoms with E-state index in [1.54, 1.807) is 37.7 Å². The van der Waals surface area contributed by atoms with Gasteiger partial charge in [-0.3, -0.25) is 9.82 Å². The second-order valence-corrected chi connectivity index (χ2v) is 8.58. The number of nitrogens with zero attached hydrogens (tertiary/aromatic N) is 3. The van der Waals surface area contributed by atoms with E-state index >= 15 is 0 Å². The molecule has 3 aromatic rings. The molecule has 0 bridgehead atoms. The van der Waals surface area contributed by atoms with Gasteiger partial charge in [0.15, 0.2) is 5.16 Å². The van der Waals surface area contributed by atoms with Gasteiger partial charge in [-0.25, -0.2) is 13.4 Å². The summed E-state index contributed by atoms with van der Waals surface area (Å²) in [6.45, 7) is 4.31. The summed E-state index contributed by atoms with van der Waals surface area (Å²) in [5.41, 5.74) is 3.19. The van der Waals surface area contributed by atoms with Crippen LogP contribution in [0.1, 0.15) is 11.4 Å². The Morgan fingerprint density at radius 2 is 2.16 bits per heavy atom. The summed E-state index contributed by atoms with van der Waals surface area (Å²) in [4.78, 5) is 4.80. The predicted octanol–water partition coefficient (Wildman–Crippen LogP) is 2.80. The first kappa shape index (κ1) is 16.2. The van der Waals surface area contributed by atoms with Gasteiger partial charge in [-0.2, -0.15) is 5.10 Å². The van der Waals surface area contributed by atoms with E-state index in [-0.39, 0.29) is 4.90 Å². The van der Waals surface area contributed by atoms with Gasteiger partial charge in [-0.1, -0.05) is 23.9 Å². The lowest BCUT2D eigenvalue weighted by Gasteiger charge is -2.09. The van der Waals surface area contributed by atoms with Crippen molar-refractivity contribution < 1.29 is 8.42 Å². The smallest absolute Gasteiger partial charge is 0.265 e. The highest BCUT2D eigenvalue weighted by molar-refractivity contribution is 7.99. The number of aromatic amines is 1. The number of sulfonamides is 1. The number of rotatable bonds is 4. The minimum Gasteiger partial charge on any atom is -0.325 e. The Morgan fingerprint density at radius 1 is 1.32 bits per heavy atom. The molecule has 2 N–H and O–H groups in total. The maximum absolute atomic E-state index is 12.7. The Morgan fingerprint density at radius 3 is 2.88 bits per heavy atom. The average Bonchev–Trinajstić information content (AvgIpc) is 3.22. The third kappa shape index (κ3) is 2.93. The fourth-order valence-corrected chi connectivity index (χ4v) is 5.30. The Hall–Kier alpha value is -2.26. The van der Waals surface area contributed by atoms with E-state index in [0.717, 1.165) is 28.7 Å². The molecule has 2 aromatic heterocycles. The van der Waals surface area contributed by atoms with Crippen LogP contribution in [-0.4, -0.2) is 33.9 Å². The molecule has 25 heavy (non-hydrogen) atoms. The zero-order chi connectivity index (χ0) is 17.6.